The first-order chi connectivity index (χ1) is 20.8. The number of carbonyl (C=O) groups is 3. The molecule has 3 aliphatic heterocycles. The summed E-state index contributed by atoms with van der Waals surface area (Å²) in [4.78, 5) is 53.7. The lowest BCUT2D eigenvalue weighted by atomic mass is 9.83. The molecule has 6 rings (SSSR count). The van der Waals surface area contributed by atoms with Crippen LogP contribution in [0.5, 0.6) is 0 Å². The Labute approximate surface area is 253 Å². The number of hydrogen-bond acceptors (Lipinski definition) is 5. The van der Waals surface area contributed by atoms with Gasteiger partial charge in [-0.15, -0.1) is 0 Å². The summed E-state index contributed by atoms with van der Waals surface area (Å²) in [5.74, 6) is -1.34. The van der Waals surface area contributed by atoms with Crippen LogP contribution in [0.3, 0.4) is 0 Å². The van der Waals surface area contributed by atoms with E-state index in [9.17, 15) is 23.6 Å². The standard InChI is InChI=1S/C32H33ClFN5O4/c33-23-5-3-6-24(34)22(23)15-29(40)36-26-14-20(31(42)37-25-7-1-2-12-35-32(25)43)10-11-28(26)38-16-19-13-21(18-38)27-8-4-9-30(41)39(27)17-19/h3-6,8-11,14,19,21,25H,1-2,7,12-13,15-18H2,(H,35,43)(H,36,40)(H,37,42). The monoisotopic (exact) mass is 605 g/mol. The molecule has 224 valence electrons. The van der Waals surface area contributed by atoms with E-state index in [1.807, 2.05) is 10.6 Å². The van der Waals surface area contributed by atoms with Crippen LogP contribution in [0.2, 0.25) is 5.02 Å². The molecule has 0 aliphatic carbocycles. The second kappa shape index (κ2) is 12.2. The molecule has 3 aromatic rings. The fraction of sp³-hybridized carbons (Fsp3) is 0.375. The predicted octanol–water partition coefficient (Wildman–Crippen LogP) is 3.84. The van der Waals surface area contributed by atoms with E-state index in [0.29, 0.717) is 38.3 Å². The second-order valence-electron chi connectivity index (χ2n) is 11.6. The number of hydrogen-bond donors (Lipinski definition) is 3. The summed E-state index contributed by atoms with van der Waals surface area (Å²) < 4.78 is 16.3. The van der Waals surface area contributed by atoms with Crippen LogP contribution >= 0.6 is 11.6 Å². The first kappa shape index (κ1) is 28.9. The average molecular weight is 606 g/mol. The van der Waals surface area contributed by atoms with Gasteiger partial charge in [0.15, 0.2) is 0 Å². The highest BCUT2D eigenvalue weighted by atomic mass is 35.5. The fourth-order valence-electron chi connectivity index (χ4n) is 6.52. The van der Waals surface area contributed by atoms with E-state index in [1.54, 1.807) is 30.3 Å². The first-order valence-corrected chi connectivity index (χ1v) is 15.0. The predicted molar refractivity (Wildman–Crippen MR) is 162 cm³/mol. The van der Waals surface area contributed by atoms with Crippen molar-refractivity contribution in [1.29, 1.82) is 0 Å². The van der Waals surface area contributed by atoms with Crippen molar-refractivity contribution in [2.75, 3.05) is 29.9 Å². The minimum absolute atomic E-state index is 0.00174. The highest BCUT2D eigenvalue weighted by Crippen LogP contribution is 2.39. The first-order valence-electron chi connectivity index (χ1n) is 14.7. The third-order valence-corrected chi connectivity index (χ3v) is 8.95. The molecule has 2 aromatic carbocycles. The molecule has 0 spiro atoms. The van der Waals surface area contributed by atoms with E-state index in [2.05, 4.69) is 20.9 Å². The molecule has 3 aliphatic rings. The molecule has 3 N–H and O–H groups in total. The molecule has 2 bridgehead atoms. The Morgan fingerprint density at radius 2 is 1.86 bits per heavy atom. The molecule has 3 amide bonds. The Hall–Kier alpha value is -4.18. The summed E-state index contributed by atoms with van der Waals surface area (Å²) in [6, 6.07) is 14.1. The van der Waals surface area contributed by atoms with E-state index in [1.165, 1.54) is 18.2 Å². The van der Waals surface area contributed by atoms with Crippen LogP contribution in [-0.2, 0) is 22.6 Å². The summed E-state index contributed by atoms with van der Waals surface area (Å²) in [6.07, 6.45) is 2.88. The minimum atomic E-state index is -0.638. The van der Waals surface area contributed by atoms with Crippen LogP contribution < -0.4 is 26.4 Å². The van der Waals surface area contributed by atoms with Gasteiger partial charge >= 0.3 is 0 Å². The molecule has 2 fully saturated rings. The van der Waals surface area contributed by atoms with Crippen molar-refractivity contribution >= 4 is 40.7 Å². The minimum Gasteiger partial charge on any atom is -0.369 e. The molecular weight excluding hydrogens is 573 g/mol. The topological polar surface area (TPSA) is 113 Å². The van der Waals surface area contributed by atoms with Crippen molar-refractivity contribution in [2.45, 2.75) is 50.6 Å². The van der Waals surface area contributed by atoms with Gasteiger partial charge in [-0.25, -0.2) is 4.39 Å². The highest BCUT2D eigenvalue weighted by Gasteiger charge is 2.35. The molecule has 43 heavy (non-hydrogen) atoms. The maximum absolute atomic E-state index is 14.5. The molecule has 4 heterocycles. The summed E-state index contributed by atoms with van der Waals surface area (Å²) in [7, 11) is 0. The number of halogens is 2. The Morgan fingerprint density at radius 3 is 2.70 bits per heavy atom. The molecule has 0 radical (unpaired) electrons. The van der Waals surface area contributed by atoms with E-state index in [-0.39, 0.29) is 45.9 Å². The smallest absolute Gasteiger partial charge is 0.252 e. The van der Waals surface area contributed by atoms with Crippen molar-refractivity contribution in [3.8, 4) is 0 Å². The lowest BCUT2D eigenvalue weighted by Crippen LogP contribution is -2.47. The number of fused-ring (bicyclic) bond motifs is 4. The normalized spacial score (nSPS) is 21.3. The lowest BCUT2D eigenvalue weighted by Gasteiger charge is -2.44. The molecule has 2 saturated heterocycles. The Balaban J connectivity index is 1.29. The molecule has 1 aromatic heterocycles. The fourth-order valence-corrected chi connectivity index (χ4v) is 6.75. The van der Waals surface area contributed by atoms with Gasteiger partial charge in [-0.3, -0.25) is 19.2 Å². The number of rotatable bonds is 6. The lowest BCUT2D eigenvalue weighted by molar-refractivity contribution is -0.122. The van der Waals surface area contributed by atoms with Crippen molar-refractivity contribution in [2.24, 2.45) is 5.92 Å². The van der Waals surface area contributed by atoms with E-state index >= 15 is 0 Å². The zero-order valence-corrected chi connectivity index (χ0v) is 24.3. The SMILES string of the molecule is O=C(Cc1c(F)cccc1Cl)Nc1cc(C(=O)NC2CCCCNC2=O)ccc1N1CC2CC(C1)c1cccc(=O)n1C2. The van der Waals surface area contributed by atoms with Crippen LogP contribution in [0.1, 0.15) is 53.2 Å². The van der Waals surface area contributed by atoms with Gasteiger partial charge in [0, 0.05) is 60.0 Å². The highest BCUT2D eigenvalue weighted by molar-refractivity contribution is 6.31. The van der Waals surface area contributed by atoms with Gasteiger partial charge in [0.2, 0.25) is 11.8 Å². The van der Waals surface area contributed by atoms with Crippen LogP contribution in [0.4, 0.5) is 15.8 Å². The van der Waals surface area contributed by atoms with E-state index in [0.717, 1.165) is 30.6 Å². The van der Waals surface area contributed by atoms with Gasteiger partial charge in [0.25, 0.3) is 11.5 Å². The molecular formula is C32H33ClFN5O4. The molecule has 3 atom stereocenters. The number of nitrogens with one attached hydrogen (secondary N) is 3. The average Bonchev–Trinajstić information content (AvgIpc) is 3.19. The maximum atomic E-state index is 14.5. The van der Waals surface area contributed by atoms with Crippen molar-refractivity contribution < 1.29 is 18.8 Å². The maximum Gasteiger partial charge on any atom is 0.252 e. The van der Waals surface area contributed by atoms with Gasteiger partial charge in [-0.2, -0.15) is 0 Å². The Bertz CT molecular complexity index is 1620. The third-order valence-electron chi connectivity index (χ3n) is 8.59. The van der Waals surface area contributed by atoms with Crippen LogP contribution in [0, 0.1) is 11.7 Å². The van der Waals surface area contributed by atoms with Gasteiger partial charge in [-0.05, 0) is 68.0 Å². The zero-order valence-electron chi connectivity index (χ0n) is 23.6. The Kier molecular flexibility index (Phi) is 8.21. The molecule has 11 heteroatoms. The van der Waals surface area contributed by atoms with Gasteiger partial charge in [0.1, 0.15) is 11.9 Å². The number of piperidine rings is 1. The van der Waals surface area contributed by atoms with Gasteiger partial charge in [0.05, 0.1) is 17.8 Å². The van der Waals surface area contributed by atoms with Crippen molar-refractivity contribution in [1.82, 2.24) is 15.2 Å². The number of nitrogens with zero attached hydrogens (tertiary/aromatic N) is 2. The zero-order chi connectivity index (χ0) is 30.1. The quantitative estimate of drug-likeness (QED) is 0.395. The van der Waals surface area contributed by atoms with Gasteiger partial charge in [-0.1, -0.05) is 23.7 Å². The van der Waals surface area contributed by atoms with E-state index in [4.69, 9.17) is 11.6 Å². The summed E-state index contributed by atoms with van der Waals surface area (Å²) in [5.41, 5.74) is 2.49. The summed E-state index contributed by atoms with van der Waals surface area (Å²) >= 11 is 6.18. The number of benzene rings is 2. The number of amides is 3. The largest absolute Gasteiger partial charge is 0.369 e. The number of anilines is 2. The van der Waals surface area contributed by atoms with Crippen molar-refractivity contribution in [3.63, 3.8) is 0 Å². The molecule has 3 unspecified atom stereocenters. The van der Waals surface area contributed by atoms with E-state index < -0.39 is 23.7 Å². The molecule has 9 nitrogen and oxygen atoms in total. The summed E-state index contributed by atoms with van der Waals surface area (Å²) in [6.45, 7) is 2.47. The number of pyridine rings is 1. The molecule has 0 saturated carbocycles. The van der Waals surface area contributed by atoms with Crippen LogP contribution in [0.25, 0.3) is 0 Å². The van der Waals surface area contributed by atoms with Crippen LogP contribution in [0.15, 0.2) is 59.4 Å². The van der Waals surface area contributed by atoms with Gasteiger partial charge < -0.3 is 25.4 Å². The Morgan fingerprint density at radius 1 is 1.02 bits per heavy atom. The van der Waals surface area contributed by atoms with Crippen molar-refractivity contribution in [3.05, 3.63) is 92.6 Å². The number of carbonyl (C=O) groups excluding carboxylic acids is 3. The van der Waals surface area contributed by atoms with Crippen LogP contribution in [-0.4, -0.2) is 48.0 Å². The third kappa shape index (κ3) is 6.15. The number of aromatic nitrogens is 1. The summed E-state index contributed by atoms with van der Waals surface area (Å²) in [5, 5.41) is 8.71. The second-order valence-corrected chi connectivity index (χ2v) is 12.0.